The first-order valence-electron chi connectivity index (χ1n) is 11.2. The normalized spacial score (nSPS) is 14.5. The average Bonchev–Trinajstić information content (AvgIpc) is 3.42. The van der Waals surface area contributed by atoms with Crippen LogP contribution in [0.15, 0.2) is 70.9 Å². The molecule has 3 aromatic rings. The molecule has 1 aliphatic heterocycles. The van der Waals surface area contributed by atoms with Gasteiger partial charge < -0.3 is 10.2 Å². The summed E-state index contributed by atoms with van der Waals surface area (Å²) >= 11 is 1.34. The first kappa shape index (κ1) is 24.1. The van der Waals surface area contributed by atoms with Crippen LogP contribution in [0.4, 0.5) is 5.69 Å². The molecule has 0 atom stereocenters. The second kappa shape index (κ2) is 10.5. The van der Waals surface area contributed by atoms with Crippen molar-refractivity contribution in [2.75, 3.05) is 25.0 Å². The highest BCUT2D eigenvalue weighted by Gasteiger charge is 2.28. The molecule has 2 aromatic carbocycles. The van der Waals surface area contributed by atoms with Crippen molar-refractivity contribution >= 4 is 38.9 Å². The third-order valence-corrected chi connectivity index (χ3v) is 8.75. The standard InChI is InChI=1S/C25H27N3O4S2/c1-27(25(30)22-13-9-17-33-22)21-12-5-4-11-20(21)24(29)26-18-19-10-3-6-14-23(19)34(31,32)28-15-7-2-8-16-28/h3-6,9-14,17H,2,7-8,15-16,18H2,1H3,(H,26,29). The lowest BCUT2D eigenvalue weighted by molar-refractivity contribution is 0.0951. The molecule has 0 unspecified atom stereocenters. The van der Waals surface area contributed by atoms with Gasteiger partial charge in [-0.2, -0.15) is 4.31 Å². The Morgan fingerprint density at radius 3 is 2.41 bits per heavy atom. The molecule has 178 valence electrons. The number of nitrogens with zero attached hydrogens (tertiary/aromatic N) is 2. The zero-order valence-electron chi connectivity index (χ0n) is 18.9. The summed E-state index contributed by atoms with van der Waals surface area (Å²) in [4.78, 5) is 28.2. The molecule has 0 saturated carbocycles. The fourth-order valence-electron chi connectivity index (χ4n) is 4.05. The number of thiophene rings is 1. The van der Waals surface area contributed by atoms with E-state index in [-0.39, 0.29) is 23.3 Å². The van der Waals surface area contributed by atoms with Crippen LogP contribution < -0.4 is 10.2 Å². The maximum Gasteiger partial charge on any atom is 0.268 e. The Morgan fingerprint density at radius 2 is 1.68 bits per heavy atom. The van der Waals surface area contributed by atoms with Gasteiger partial charge in [-0.3, -0.25) is 9.59 Å². The average molecular weight is 498 g/mol. The van der Waals surface area contributed by atoms with Crippen LogP contribution in [-0.4, -0.2) is 44.7 Å². The van der Waals surface area contributed by atoms with E-state index in [9.17, 15) is 18.0 Å². The van der Waals surface area contributed by atoms with Crippen LogP contribution in [0, 0.1) is 0 Å². The van der Waals surface area contributed by atoms with Crippen LogP contribution in [-0.2, 0) is 16.6 Å². The Morgan fingerprint density at radius 1 is 0.971 bits per heavy atom. The molecule has 1 aliphatic rings. The third-order valence-electron chi connectivity index (χ3n) is 5.89. The molecule has 1 saturated heterocycles. The van der Waals surface area contributed by atoms with Crippen molar-refractivity contribution in [1.82, 2.24) is 9.62 Å². The zero-order chi connectivity index (χ0) is 24.1. The summed E-state index contributed by atoms with van der Waals surface area (Å²) in [7, 11) is -2.00. The van der Waals surface area contributed by atoms with Crippen LogP contribution in [0.2, 0.25) is 0 Å². The van der Waals surface area contributed by atoms with E-state index in [2.05, 4.69) is 5.32 Å². The molecule has 1 fully saturated rings. The van der Waals surface area contributed by atoms with E-state index in [4.69, 9.17) is 0 Å². The SMILES string of the molecule is CN(C(=O)c1cccs1)c1ccccc1C(=O)NCc1ccccc1S(=O)(=O)N1CCCCC1. The maximum absolute atomic E-state index is 13.2. The smallest absolute Gasteiger partial charge is 0.268 e. The number of para-hydroxylation sites is 1. The van der Waals surface area contributed by atoms with Crippen LogP contribution in [0.5, 0.6) is 0 Å². The molecule has 9 heteroatoms. The molecule has 2 heterocycles. The summed E-state index contributed by atoms with van der Waals surface area (Å²) in [6, 6.07) is 17.2. The summed E-state index contributed by atoms with van der Waals surface area (Å²) in [6.07, 6.45) is 2.74. The van der Waals surface area contributed by atoms with Crippen molar-refractivity contribution in [3.05, 3.63) is 82.0 Å². The lowest BCUT2D eigenvalue weighted by Crippen LogP contribution is -2.36. The Kier molecular flexibility index (Phi) is 7.45. The highest BCUT2D eigenvalue weighted by atomic mass is 32.2. The van der Waals surface area contributed by atoms with Gasteiger partial charge in [-0.15, -0.1) is 11.3 Å². The second-order valence-electron chi connectivity index (χ2n) is 8.11. The van der Waals surface area contributed by atoms with Crippen LogP contribution in [0.25, 0.3) is 0 Å². The molecule has 1 aromatic heterocycles. The van der Waals surface area contributed by atoms with Gasteiger partial charge in [0.05, 0.1) is 21.0 Å². The Bertz CT molecular complexity index is 1270. The van der Waals surface area contributed by atoms with E-state index < -0.39 is 10.0 Å². The fourth-order valence-corrected chi connectivity index (χ4v) is 6.49. The number of nitrogens with one attached hydrogen (secondary N) is 1. The van der Waals surface area contributed by atoms with Gasteiger partial charge in [-0.05, 0) is 48.1 Å². The first-order valence-corrected chi connectivity index (χ1v) is 13.5. The molecule has 2 amide bonds. The van der Waals surface area contributed by atoms with Crippen molar-refractivity contribution in [2.24, 2.45) is 0 Å². The summed E-state index contributed by atoms with van der Waals surface area (Å²) in [6.45, 7) is 1.08. The van der Waals surface area contributed by atoms with E-state index in [0.29, 0.717) is 34.8 Å². The highest BCUT2D eigenvalue weighted by molar-refractivity contribution is 7.89. The van der Waals surface area contributed by atoms with Gasteiger partial charge in [-0.25, -0.2) is 8.42 Å². The minimum Gasteiger partial charge on any atom is -0.348 e. The monoisotopic (exact) mass is 497 g/mol. The summed E-state index contributed by atoms with van der Waals surface area (Å²) < 4.78 is 28.0. The summed E-state index contributed by atoms with van der Waals surface area (Å²) in [5, 5.41) is 4.67. The Balaban J connectivity index is 1.53. The van der Waals surface area contributed by atoms with Crippen molar-refractivity contribution in [1.29, 1.82) is 0 Å². The third kappa shape index (κ3) is 5.06. The van der Waals surface area contributed by atoms with E-state index in [0.717, 1.165) is 19.3 Å². The molecule has 1 N–H and O–H groups in total. The van der Waals surface area contributed by atoms with Gasteiger partial charge in [0.1, 0.15) is 0 Å². The Labute approximate surface area is 204 Å². The largest absolute Gasteiger partial charge is 0.348 e. The van der Waals surface area contributed by atoms with E-state index >= 15 is 0 Å². The number of carbonyl (C=O) groups is 2. The lowest BCUT2D eigenvalue weighted by atomic mass is 10.1. The van der Waals surface area contributed by atoms with Crippen LogP contribution in [0.1, 0.15) is 44.9 Å². The van der Waals surface area contributed by atoms with Crippen LogP contribution in [0.3, 0.4) is 0 Å². The number of anilines is 1. The van der Waals surface area contributed by atoms with Gasteiger partial charge >= 0.3 is 0 Å². The number of hydrogen-bond donors (Lipinski definition) is 1. The predicted molar refractivity (Wildman–Crippen MR) is 134 cm³/mol. The molecule has 0 spiro atoms. The molecule has 7 nitrogen and oxygen atoms in total. The molecule has 0 radical (unpaired) electrons. The highest BCUT2D eigenvalue weighted by Crippen LogP contribution is 2.25. The van der Waals surface area contributed by atoms with Crippen molar-refractivity contribution in [2.45, 2.75) is 30.7 Å². The van der Waals surface area contributed by atoms with E-state index in [1.807, 2.05) is 5.38 Å². The number of hydrogen-bond acceptors (Lipinski definition) is 5. The summed E-state index contributed by atoms with van der Waals surface area (Å²) in [5.74, 6) is -0.583. The minimum absolute atomic E-state index is 0.0546. The summed E-state index contributed by atoms with van der Waals surface area (Å²) in [5.41, 5.74) is 1.35. The fraction of sp³-hybridized carbons (Fsp3) is 0.280. The van der Waals surface area contributed by atoms with E-state index in [1.54, 1.807) is 67.7 Å². The quantitative estimate of drug-likeness (QED) is 0.532. The number of amides is 2. The number of benzene rings is 2. The van der Waals surface area contributed by atoms with Crippen LogP contribution >= 0.6 is 11.3 Å². The first-order chi connectivity index (χ1) is 16.4. The van der Waals surface area contributed by atoms with Gasteiger partial charge in [0.15, 0.2) is 0 Å². The van der Waals surface area contributed by atoms with Gasteiger partial charge in [-0.1, -0.05) is 42.8 Å². The van der Waals surface area contributed by atoms with Crippen molar-refractivity contribution in [3.63, 3.8) is 0 Å². The molecule has 4 rings (SSSR count). The zero-order valence-corrected chi connectivity index (χ0v) is 20.6. The molecule has 34 heavy (non-hydrogen) atoms. The van der Waals surface area contributed by atoms with Gasteiger partial charge in [0, 0.05) is 26.7 Å². The molecular weight excluding hydrogens is 470 g/mol. The topological polar surface area (TPSA) is 86.8 Å². The molecule has 0 aliphatic carbocycles. The van der Waals surface area contributed by atoms with Crippen molar-refractivity contribution in [3.8, 4) is 0 Å². The molecule has 0 bridgehead atoms. The number of sulfonamides is 1. The predicted octanol–water partition coefficient (Wildman–Crippen LogP) is 4.13. The maximum atomic E-state index is 13.2. The Hall–Kier alpha value is -3.01. The molecular formula is C25H27N3O4S2. The van der Waals surface area contributed by atoms with Crippen molar-refractivity contribution < 1.29 is 18.0 Å². The minimum atomic E-state index is -3.63. The van der Waals surface area contributed by atoms with Gasteiger partial charge in [0.25, 0.3) is 11.8 Å². The van der Waals surface area contributed by atoms with Gasteiger partial charge in [0.2, 0.25) is 10.0 Å². The second-order valence-corrected chi connectivity index (χ2v) is 11.0. The lowest BCUT2D eigenvalue weighted by Gasteiger charge is -2.27. The van der Waals surface area contributed by atoms with E-state index in [1.165, 1.54) is 20.5 Å². The number of piperidine rings is 1. The number of carbonyl (C=O) groups excluding carboxylic acids is 2. The number of rotatable bonds is 7.